The molecule has 1 amide bonds. The third-order valence-electron chi connectivity index (χ3n) is 2.48. The molecule has 0 atom stereocenters. The van der Waals surface area contributed by atoms with Crippen LogP contribution in [0.25, 0.3) is 0 Å². The fourth-order valence-electron chi connectivity index (χ4n) is 1.48. The molecule has 1 N–H and O–H groups in total. The zero-order chi connectivity index (χ0) is 10.7. The summed E-state index contributed by atoms with van der Waals surface area (Å²) in [5, 5.41) is 2.85. The Morgan fingerprint density at radius 1 is 1.53 bits per heavy atom. The monoisotopic (exact) mass is 199 g/mol. The molecule has 1 aliphatic carbocycles. The fourth-order valence-corrected chi connectivity index (χ4v) is 1.48. The highest BCUT2D eigenvalue weighted by molar-refractivity contribution is 5.91. The first kappa shape index (κ1) is 9.79. The highest BCUT2D eigenvalue weighted by atomic mass is 16.1. The van der Waals surface area contributed by atoms with Crippen LogP contribution in [0, 0.1) is 18.3 Å². The molecular weight excluding hydrogens is 186 g/mol. The van der Waals surface area contributed by atoms with Crippen molar-refractivity contribution >= 4 is 11.6 Å². The van der Waals surface area contributed by atoms with Crippen molar-refractivity contribution < 1.29 is 4.79 Å². The molecule has 0 radical (unpaired) electrons. The standard InChI is InChI=1S/C13H13NO/c1-2-10-4-3-5-12(8-10)14-13(15)9-11-6-7-11/h1,3-5,8,11H,6-7,9H2,(H,14,15). The molecular formula is C13H13NO. The number of rotatable bonds is 3. The smallest absolute Gasteiger partial charge is 0.224 e. The van der Waals surface area contributed by atoms with E-state index in [0.717, 1.165) is 11.3 Å². The molecule has 2 nitrogen and oxygen atoms in total. The van der Waals surface area contributed by atoms with Gasteiger partial charge in [-0.1, -0.05) is 12.0 Å². The van der Waals surface area contributed by atoms with Crippen molar-refractivity contribution in [3.8, 4) is 12.3 Å². The van der Waals surface area contributed by atoms with E-state index in [4.69, 9.17) is 6.42 Å². The van der Waals surface area contributed by atoms with E-state index in [1.165, 1.54) is 12.8 Å². The van der Waals surface area contributed by atoms with E-state index in [2.05, 4.69) is 11.2 Å². The Balaban J connectivity index is 1.97. The van der Waals surface area contributed by atoms with Crippen LogP contribution in [0.4, 0.5) is 5.69 Å². The number of hydrogen-bond donors (Lipinski definition) is 1. The Morgan fingerprint density at radius 3 is 3.00 bits per heavy atom. The van der Waals surface area contributed by atoms with Gasteiger partial charge in [-0.15, -0.1) is 6.42 Å². The number of carbonyl (C=O) groups is 1. The Kier molecular flexibility index (Phi) is 2.73. The van der Waals surface area contributed by atoms with Gasteiger partial charge in [-0.2, -0.15) is 0 Å². The molecule has 0 spiro atoms. The molecule has 1 aliphatic rings. The van der Waals surface area contributed by atoms with Crippen LogP contribution >= 0.6 is 0 Å². The van der Waals surface area contributed by atoms with E-state index in [1.807, 2.05) is 24.3 Å². The predicted octanol–water partition coefficient (Wildman–Crippen LogP) is 2.41. The Bertz CT molecular complexity index is 413. The Hall–Kier alpha value is -1.75. The molecule has 0 saturated heterocycles. The van der Waals surface area contributed by atoms with Crippen LogP contribution < -0.4 is 5.32 Å². The number of amides is 1. The number of benzene rings is 1. The van der Waals surface area contributed by atoms with Gasteiger partial charge in [0.2, 0.25) is 5.91 Å². The number of nitrogens with one attached hydrogen (secondary N) is 1. The topological polar surface area (TPSA) is 29.1 Å². The maximum atomic E-state index is 11.5. The molecule has 15 heavy (non-hydrogen) atoms. The quantitative estimate of drug-likeness (QED) is 0.744. The third kappa shape index (κ3) is 2.85. The van der Waals surface area contributed by atoms with Gasteiger partial charge in [-0.25, -0.2) is 0 Å². The Labute approximate surface area is 89.7 Å². The normalized spacial score (nSPS) is 14.3. The first-order valence-corrected chi connectivity index (χ1v) is 5.14. The first-order valence-electron chi connectivity index (χ1n) is 5.14. The van der Waals surface area contributed by atoms with Crippen molar-refractivity contribution in [2.75, 3.05) is 5.32 Å². The lowest BCUT2D eigenvalue weighted by Crippen LogP contribution is -2.11. The molecule has 0 aromatic heterocycles. The Morgan fingerprint density at radius 2 is 2.33 bits per heavy atom. The van der Waals surface area contributed by atoms with Crippen LogP contribution in [0.3, 0.4) is 0 Å². The molecule has 1 aromatic carbocycles. The summed E-state index contributed by atoms with van der Waals surface area (Å²) in [6, 6.07) is 7.36. The largest absolute Gasteiger partial charge is 0.326 e. The van der Waals surface area contributed by atoms with E-state index >= 15 is 0 Å². The van der Waals surface area contributed by atoms with Crippen molar-refractivity contribution in [2.45, 2.75) is 19.3 Å². The maximum absolute atomic E-state index is 11.5. The SMILES string of the molecule is C#Cc1cccc(NC(=O)CC2CC2)c1. The second kappa shape index (κ2) is 4.18. The van der Waals surface area contributed by atoms with E-state index in [9.17, 15) is 4.79 Å². The molecule has 1 fully saturated rings. The van der Waals surface area contributed by atoms with Crippen molar-refractivity contribution in [1.82, 2.24) is 0 Å². The van der Waals surface area contributed by atoms with Gasteiger partial charge < -0.3 is 5.32 Å². The molecule has 76 valence electrons. The van der Waals surface area contributed by atoms with Crippen molar-refractivity contribution in [3.05, 3.63) is 29.8 Å². The lowest BCUT2D eigenvalue weighted by Gasteiger charge is -2.04. The second-order valence-electron chi connectivity index (χ2n) is 3.92. The van der Waals surface area contributed by atoms with Gasteiger partial charge in [0.25, 0.3) is 0 Å². The van der Waals surface area contributed by atoms with Crippen LogP contribution in [-0.4, -0.2) is 5.91 Å². The molecule has 0 unspecified atom stereocenters. The number of terminal acetylenes is 1. The van der Waals surface area contributed by atoms with Gasteiger partial charge in [-0.05, 0) is 37.0 Å². The van der Waals surface area contributed by atoms with Gasteiger partial charge in [-0.3, -0.25) is 4.79 Å². The summed E-state index contributed by atoms with van der Waals surface area (Å²) >= 11 is 0. The number of hydrogen-bond acceptors (Lipinski definition) is 1. The molecule has 1 aromatic rings. The second-order valence-corrected chi connectivity index (χ2v) is 3.92. The maximum Gasteiger partial charge on any atom is 0.224 e. The number of carbonyl (C=O) groups excluding carboxylic acids is 1. The summed E-state index contributed by atoms with van der Waals surface area (Å²) in [6.07, 6.45) is 8.30. The third-order valence-corrected chi connectivity index (χ3v) is 2.48. The highest BCUT2D eigenvalue weighted by Crippen LogP contribution is 2.32. The van der Waals surface area contributed by atoms with E-state index < -0.39 is 0 Å². The van der Waals surface area contributed by atoms with E-state index in [0.29, 0.717) is 12.3 Å². The van der Waals surface area contributed by atoms with Gasteiger partial charge in [0.1, 0.15) is 0 Å². The lowest BCUT2D eigenvalue weighted by atomic mass is 10.2. The average Bonchev–Trinajstić information content (AvgIpc) is 3.02. The predicted molar refractivity (Wildman–Crippen MR) is 60.3 cm³/mol. The van der Waals surface area contributed by atoms with Gasteiger partial charge in [0.05, 0.1) is 0 Å². The summed E-state index contributed by atoms with van der Waals surface area (Å²) < 4.78 is 0. The van der Waals surface area contributed by atoms with Gasteiger partial charge in [0.15, 0.2) is 0 Å². The minimum Gasteiger partial charge on any atom is -0.326 e. The first-order chi connectivity index (χ1) is 7.28. The summed E-state index contributed by atoms with van der Waals surface area (Å²) in [5.41, 5.74) is 1.58. The van der Waals surface area contributed by atoms with Crippen LogP contribution in [0.1, 0.15) is 24.8 Å². The lowest BCUT2D eigenvalue weighted by molar-refractivity contribution is -0.116. The molecule has 0 bridgehead atoms. The van der Waals surface area contributed by atoms with Crippen LogP contribution in [0.15, 0.2) is 24.3 Å². The van der Waals surface area contributed by atoms with E-state index in [1.54, 1.807) is 0 Å². The zero-order valence-electron chi connectivity index (χ0n) is 8.49. The molecule has 2 heteroatoms. The van der Waals surface area contributed by atoms with Crippen molar-refractivity contribution in [3.63, 3.8) is 0 Å². The van der Waals surface area contributed by atoms with Gasteiger partial charge in [0, 0.05) is 17.7 Å². The summed E-state index contributed by atoms with van der Waals surface area (Å²) in [7, 11) is 0. The van der Waals surface area contributed by atoms with Crippen LogP contribution in [-0.2, 0) is 4.79 Å². The fraction of sp³-hybridized carbons (Fsp3) is 0.308. The molecule has 2 rings (SSSR count). The minimum atomic E-state index is 0.0895. The minimum absolute atomic E-state index is 0.0895. The summed E-state index contributed by atoms with van der Waals surface area (Å²) in [6.45, 7) is 0. The summed E-state index contributed by atoms with van der Waals surface area (Å²) in [5.74, 6) is 3.24. The van der Waals surface area contributed by atoms with Gasteiger partial charge >= 0.3 is 0 Å². The molecule has 0 aliphatic heterocycles. The average molecular weight is 199 g/mol. The van der Waals surface area contributed by atoms with Crippen LogP contribution in [0.2, 0.25) is 0 Å². The number of anilines is 1. The summed E-state index contributed by atoms with van der Waals surface area (Å²) in [4.78, 5) is 11.5. The molecule has 0 heterocycles. The molecule has 1 saturated carbocycles. The zero-order valence-corrected chi connectivity index (χ0v) is 8.49. The van der Waals surface area contributed by atoms with E-state index in [-0.39, 0.29) is 5.91 Å². The highest BCUT2D eigenvalue weighted by Gasteiger charge is 2.24. The van der Waals surface area contributed by atoms with Crippen molar-refractivity contribution in [1.29, 1.82) is 0 Å². The van der Waals surface area contributed by atoms with Crippen LogP contribution in [0.5, 0.6) is 0 Å². The van der Waals surface area contributed by atoms with Crippen molar-refractivity contribution in [2.24, 2.45) is 5.92 Å².